The molecular weight excluding hydrogens is 539 g/mol. The summed E-state index contributed by atoms with van der Waals surface area (Å²) in [5.41, 5.74) is 1.71. The molecule has 1 aliphatic rings. The third kappa shape index (κ3) is 6.99. The van der Waals surface area contributed by atoms with Crippen molar-refractivity contribution in [3.63, 3.8) is 0 Å². The van der Waals surface area contributed by atoms with E-state index in [4.69, 9.17) is 19.2 Å². The van der Waals surface area contributed by atoms with E-state index >= 15 is 0 Å². The molecule has 1 aliphatic heterocycles. The molecule has 0 radical (unpaired) electrons. The Balaban J connectivity index is 0.00000289. The van der Waals surface area contributed by atoms with Gasteiger partial charge in [0, 0.05) is 35.7 Å². The van der Waals surface area contributed by atoms with Gasteiger partial charge < -0.3 is 24.8 Å². The van der Waals surface area contributed by atoms with Gasteiger partial charge in [0.1, 0.15) is 0 Å². The number of anilines is 1. The molecule has 2 aromatic heterocycles. The van der Waals surface area contributed by atoms with Crippen LogP contribution >= 0.6 is 35.3 Å². The first kappa shape index (κ1) is 24.1. The zero-order valence-electron chi connectivity index (χ0n) is 17.9. The minimum Gasteiger partial charge on any atom is -0.490 e. The molecule has 1 aromatic carbocycles. The van der Waals surface area contributed by atoms with Crippen LogP contribution in [0.25, 0.3) is 0 Å². The van der Waals surface area contributed by atoms with Gasteiger partial charge in [-0.15, -0.1) is 35.3 Å². The highest BCUT2D eigenvalue weighted by Crippen LogP contribution is 2.32. The zero-order valence-corrected chi connectivity index (χ0v) is 21.0. The number of rotatable bonds is 7. The van der Waals surface area contributed by atoms with E-state index in [1.165, 1.54) is 4.88 Å². The lowest BCUT2D eigenvalue weighted by Crippen LogP contribution is -2.32. The quantitative estimate of drug-likeness (QED) is 0.245. The molecule has 0 saturated carbocycles. The summed E-state index contributed by atoms with van der Waals surface area (Å²) in [5, 5.41) is 8.88. The highest BCUT2D eigenvalue weighted by Gasteiger charge is 2.11. The molecular formula is C23H27IN4O3S. The van der Waals surface area contributed by atoms with Crippen LogP contribution in [0.15, 0.2) is 58.9 Å². The molecule has 0 fully saturated rings. The Morgan fingerprint density at radius 1 is 1.12 bits per heavy atom. The summed E-state index contributed by atoms with van der Waals surface area (Å²) in [7, 11) is 1.61. The first-order chi connectivity index (χ1) is 15.3. The summed E-state index contributed by atoms with van der Waals surface area (Å²) in [6, 6.07) is 15.7. The summed E-state index contributed by atoms with van der Waals surface area (Å²) < 4.78 is 16.7. The molecule has 0 amide bonds. The number of halogens is 1. The van der Waals surface area contributed by atoms with Crippen molar-refractivity contribution in [3.8, 4) is 17.4 Å². The van der Waals surface area contributed by atoms with Crippen LogP contribution in [0.1, 0.15) is 17.0 Å². The van der Waals surface area contributed by atoms with Crippen LogP contribution in [0.2, 0.25) is 0 Å². The van der Waals surface area contributed by atoms with Crippen molar-refractivity contribution in [2.24, 2.45) is 4.99 Å². The Hall–Kier alpha value is -2.53. The minimum atomic E-state index is 0. The molecule has 3 heterocycles. The zero-order chi connectivity index (χ0) is 21.3. The van der Waals surface area contributed by atoms with Crippen molar-refractivity contribution < 1.29 is 14.2 Å². The maximum Gasteiger partial charge on any atom is 0.213 e. The fourth-order valence-corrected chi connectivity index (χ4v) is 3.80. The molecule has 3 aromatic rings. The number of ether oxygens (including phenoxy) is 3. The molecule has 4 rings (SSSR count). The van der Waals surface area contributed by atoms with Gasteiger partial charge in [0.2, 0.25) is 5.88 Å². The Labute approximate surface area is 209 Å². The van der Waals surface area contributed by atoms with Crippen LogP contribution in [0.5, 0.6) is 17.4 Å². The average molecular weight is 566 g/mol. The van der Waals surface area contributed by atoms with E-state index in [-0.39, 0.29) is 24.0 Å². The van der Waals surface area contributed by atoms with Crippen LogP contribution in [0.3, 0.4) is 0 Å². The lowest BCUT2D eigenvalue weighted by Gasteiger charge is -2.14. The highest BCUT2D eigenvalue weighted by atomic mass is 127. The summed E-state index contributed by atoms with van der Waals surface area (Å²) in [6.07, 6.45) is 1.80. The minimum absolute atomic E-state index is 0. The number of aliphatic imine (C=N–C) groups is 1. The van der Waals surface area contributed by atoms with Gasteiger partial charge in [-0.2, -0.15) is 0 Å². The van der Waals surface area contributed by atoms with E-state index in [0.29, 0.717) is 31.6 Å². The fraction of sp³-hybridized carbons (Fsp3) is 0.304. The molecule has 32 heavy (non-hydrogen) atoms. The van der Waals surface area contributed by atoms with Gasteiger partial charge in [-0.3, -0.25) is 0 Å². The van der Waals surface area contributed by atoms with Crippen molar-refractivity contribution in [3.05, 3.63) is 64.5 Å². The Bertz CT molecular complexity index is 1010. The SMILES string of the molecule is COc1cccc(CN=C(NCCc2cccs2)Nc2ccc3c(c2)OCCCO3)n1.I. The summed E-state index contributed by atoms with van der Waals surface area (Å²) in [4.78, 5) is 10.5. The number of guanidine groups is 1. The Kier molecular flexibility index (Phi) is 9.42. The lowest BCUT2D eigenvalue weighted by molar-refractivity contribution is 0.297. The number of thiophene rings is 1. The summed E-state index contributed by atoms with van der Waals surface area (Å²) >= 11 is 1.76. The molecule has 0 atom stereocenters. The van der Waals surface area contributed by atoms with Crippen molar-refractivity contribution >= 4 is 47.0 Å². The van der Waals surface area contributed by atoms with Crippen LogP contribution in [0.4, 0.5) is 5.69 Å². The molecule has 7 nitrogen and oxygen atoms in total. The maximum atomic E-state index is 5.81. The fourth-order valence-electron chi connectivity index (χ4n) is 3.10. The molecule has 170 valence electrons. The van der Waals surface area contributed by atoms with Crippen LogP contribution in [-0.2, 0) is 13.0 Å². The Morgan fingerprint density at radius 3 is 2.81 bits per heavy atom. The molecule has 2 N–H and O–H groups in total. The topological polar surface area (TPSA) is 77.0 Å². The van der Waals surface area contributed by atoms with E-state index in [2.05, 4.69) is 33.1 Å². The predicted octanol–water partition coefficient (Wildman–Crippen LogP) is 4.73. The largest absolute Gasteiger partial charge is 0.490 e. The van der Waals surface area contributed by atoms with E-state index in [1.807, 2.05) is 36.4 Å². The van der Waals surface area contributed by atoms with Gasteiger partial charge >= 0.3 is 0 Å². The second kappa shape index (κ2) is 12.5. The molecule has 0 bridgehead atoms. The predicted molar refractivity (Wildman–Crippen MR) is 139 cm³/mol. The molecule has 0 unspecified atom stereocenters. The molecule has 0 aliphatic carbocycles. The maximum absolute atomic E-state index is 5.81. The second-order valence-electron chi connectivity index (χ2n) is 6.93. The van der Waals surface area contributed by atoms with Crippen LogP contribution < -0.4 is 24.8 Å². The van der Waals surface area contributed by atoms with Crippen molar-refractivity contribution in [2.75, 3.05) is 32.2 Å². The molecule has 9 heteroatoms. The average Bonchev–Trinajstić information content (AvgIpc) is 3.21. The number of fused-ring (bicyclic) bond motifs is 1. The number of pyridine rings is 1. The van der Waals surface area contributed by atoms with Gasteiger partial charge in [0.15, 0.2) is 17.5 Å². The normalized spacial score (nSPS) is 13.0. The number of nitrogens with zero attached hydrogens (tertiary/aromatic N) is 2. The molecule has 0 saturated heterocycles. The lowest BCUT2D eigenvalue weighted by atomic mass is 10.2. The molecule has 0 spiro atoms. The first-order valence-electron chi connectivity index (χ1n) is 10.3. The summed E-state index contributed by atoms with van der Waals surface area (Å²) in [5.74, 6) is 2.77. The first-order valence-corrected chi connectivity index (χ1v) is 11.2. The van der Waals surface area contributed by atoms with Crippen molar-refractivity contribution in [1.29, 1.82) is 0 Å². The third-order valence-corrected chi connectivity index (χ3v) is 5.58. The number of benzene rings is 1. The summed E-state index contributed by atoms with van der Waals surface area (Å²) in [6.45, 7) is 2.51. The standard InChI is InChI=1S/C23H26N4O3S.HI/c1-28-22-7-2-5-18(26-22)16-25-23(24-11-10-19-6-3-14-31-19)27-17-8-9-20-21(15-17)30-13-4-12-29-20;/h2-3,5-9,14-15H,4,10-13,16H2,1H3,(H2,24,25,27);1H. The van der Waals surface area contributed by atoms with E-state index in [1.54, 1.807) is 18.4 Å². The van der Waals surface area contributed by atoms with Gasteiger partial charge in [0.25, 0.3) is 0 Å². The number of hydrogen-bond donors (Lipinski definition) is 2. The van der Waals surface area contributed by atoms with Gasteiger partial charge in [-0.1, -0.05) is 12.1 Å². The van der Waals surface area contributed by atoms with E-state index in [9.17, 15) is 0 Å². The number of methoxy groups -OCH3 is 1. The van der Waals surface area contributed by atoms with Crippen molar-refractivity contribution in [2.45, 2.75) is 19.4 Å². The van der Waals surface area contributed by atoms with Gasteiger partial charge in [-0.05, 0) is 36.1 Å². The third-order valence-electron chi connectivity index (χ3n) is 4.64. The second-order valence-corrected chi connectivity index (χ2v) is 7.96. The number of aromatic nitrogens is 1. The van der Waals surface area contributed by atoms with E-state index < -0.39 is 0 Å². The number of nitrogens with one attached hydrogen (secondary N) is 2. The number of hydrogen-bond acceptors (Lipinski definition) is 6. The monoisotopic (exact) mass is 566 g/mol. The smallest absolute Gasteiger partial charge is 0.213 e. The Morgan fingerprint density at radius 2 is 2.00 bits per heavy atom. The van der Waals surface area contributed by atoms with Crippen LogP contribution in [-0.4, -0.2) is 37.8 Å². The van der Waals surface area contributed by atoms with Gasteiger partial charge in [-0.25, -0.2) is 9.98 Å². The van der Waals surface area contributed by atoms with Gasteiger partial charge in [0.05, 0.1) is 32.6 Å². The van der Waals surface area contributed by atoms with Crippen LogP contribution in [0, 0.1) is 0 Å². The highest BCUT2D eigenvalue weighted by molar-refractivity contribution is 14.0. The van der Waals surface area contributed by atoms with E-state index in [0.717, 1.165) is 42.3 Å². The van der Waals surface area contributed by atoms with Crippen molar-refractivity contribution in [1.82, 2.24) is 10.3 Å².